The van der Waals surface area contributed by atoms with Crippen molar-refractivity contribution in [3.05, 3.63) is 64.4 Å². The van der Waals surface area contributed by atoms with Crippen LogP contribution in [0.15, 0.2) is 42.6 Å². The molecule has 2 N–H and O–H groups in total. The van der Waals surface area contributed by atoms with Crippen LogP contribution >= 0.6 is 11.6 Å². The van der Waals surface area contributed by atoms with Crippen LogP contribution in [0.25, 0.3) is 0 Å². The van der Waals surface area contributed by atoms with Gasteiger partial charge in [-0.2, -0.15) is 0 Å². The highest BCUT2D eigenvalue weighted by atomic mass is 35.5. The second kappa shape index (κ2) is 6.31. The van der Waals surface area contributed by atoms with Crippen LogP contribution < -0.4 is 5.32 Å². The van der Waals surface area contributed by atoms with Crippen LogP contribution in [0.4, 0.5) is 0 Å². The third kappa shape index (κ3) is 3.53. The van der Waals surface area contributed by atoms with Crippen LogP contribution in [-0.4, -0.2) is 16.1 Å². The van der Waals surface area contributed by atoms with Crippen molar-refractivity contribution in [3.8, 4) is 0 Å². The van der Waals surface area contributed by atoms with Gasteiger partial charge in [0.15, 0.2) is 0 Å². The maximum absolute atomic E-state index is 11.0. The molecule has 0 saturated carbocycles. The van der Waals surface area contributed by atoms with E-state index < -0.39 is 5.97 Å². The number of hydrogen-bond donors (Lipinski definition) is 2. The maximum Gasteiger partial charge on any atom is 0.337 e. The first-order chi connectivity index (χ1) is 9.18. The van der Waals surface area contributed by atoms with Gasteiger partial charge in [0.1, 0.15) is 0 Å². The molecule has 0 amide bonds. The first kappa shape index (κ1) is 13.5. The number of halogens is 1. The second-order valence-corrected chi connectivity index (χ2v) is 4.40. The zero-order chi connectivity index (χ0) is 13.7. The molecule has 0 spiro atoms. The normalized spacial score (nSPS) is 10.4. The molecule has 98 valence electrons. The maximum atomic E-state index is 11.0. The molecular weight excluding hydrogens is 264 g/mol. The van der Waals surface area contributed by atoms with Gasteiger partial charge in [0.05, 0.1) is 11.3 Å². The fourth-order valence-corrected chi connectivity index (χ4v) is 1.93. The summed E-state index contributed by atoms with van der Waals surface area (Å²) in [4.78, 5) is 15.1. The predicted octanol–water partition coefficient (Wildman–Crippen LogP) is 2.72. The van der Waals surface area contributed by atoms with Crippen molar-refractivity contribution in [2.45, 2.75) is 13.1 Å². The molecule has 0 radical (unpaired) electrons. The Labute approximate surface area is 116 Å². The largest absolute Gasteiger partial charge is 0.478 e. The third-order valence-corrected chi connectivity index (χ3v) is 3.06. The lowest BCUT2D eigenvalue weighted by Crippen LogP contribution is -2.16. The fourth-order valence-electron chi connectivity index (χ4n) is 1.73. The Morgan fingerprint density at radius 1 is 1.21 bits per heavy atom. The SMILES string of the molecule is O=C(O)c1cccnc1CNCc1ccccc1Cl. The van der Waals surface area contributed by atoms with E-state index in [1.54, 1.807) is 18.3 Å². The van der Waals surface area contributed by atoms with Crippen molar-refractivity contribution in [1.29, 1.82) is 0 Å². The molecular formula is C14H13ClN2O2. The molecule has 0 bridgehead atoms. The quantitative estimate of drug-likeness (QED) is 0.881. The van der Waals surface area contributed by atoms with Crippen molar-refractivity contribution in [3.63, 3.8) is 0 Å². The minimum atomic E-state index is -0.970. The number of nitrogens with one attached hydrogen (secondary N) is 1. The summed E-state index contributed by atoms with van der Waals surface area (Å²) in [5, 5.41) is 12.9. The van der Waals surface area contributed by atoms with Crippen molar-refractivity contribution < 1.29 is 9.90 Å². The first-order valence-corrected chi connectivity index (χ1v) is 6.17. The van der Waals surface area contributed by atoms with Crippen molar-refractivity contribution >= 4 is 17.6 Å². The van der Waals surface area contributed by atoms with Gasteiger partial charge in [-0.1, -0.05) is 29.8 Å². The van der Waals surface area contributed by atoms with Crippen LogP contribution in [-0.2, 0) is 13.1 Å². The second-order valence-electron chi connectivity index (χ2n) is 4.00. The molecule has 0 aliphatic carbocycles. The lowest BCUT2D eigenvalue weighted by molar-refractivity contribution is 0.0695. The monoisotopic (exact) mass is 276 g/mol. The van der Waals surface area contributed by atoms with Crippen molar-refractivity contribution in [1.82, 2.24) is 10.3 Å². The van der Waals surface area contributed by atoms with Crippen LogP contribution in [0.3, 0.4) is 0 Å². The van der Waals surface area contributed by atoms with Gasteiger partial charge in [-0.3, -0.25) is 4.98 Å². The number of hydrogen-bond acceptors (Lipinski definition) is 3. The Balaban J connectivity index is 2.00. The van der Waals surface area contributed by atoms with Gasteiger partial charge >= 0.3 is 5.97 Å². The van der Waals surface area contributed by atoms with Crippen LogP contribution in [0, 0.1) is 0 Å². The molecule has 0 aliphatic rings. The average Bonchev–Trinajstić information content (AvgIpc) is 2.41. The van der Waals surface area contributed by atoms with Gasteiger partial charge in [-0.25, -0.2) is 4.79 Å². The highest BCUT2D eigenvalue weighted by Crippen LogP contribution is 2.14. The zero-order valence-electron chi connectivity index (χ0n) is 10.1. The standard InChI is InChI=1S/C14H13ClN2O2/c15-12-6-2-1-4-10(12)8-16-9-13-11(14(18)19)5-3-7-17-13/h1-7,16H,8-9H2,(H,18,19). The Kier molecular flexibility index (Phi) is 4.49. The summed E-state index contributed by atoms with van der Waals surface area (Å²) < 4.78 is 0. The molecule has 4 nitrogen and oxygen atoms in total. The highest BCUT2D eigenvalue weighted by Gasteiger charge is 2.09. The van der Waals surface area contributed by atoms with Gasteiger partial charge in [-0.05, 0) is 23.8 Å². The lowest BCUT2D eigenvalue weighted by atomic mass is 10.2. The Bertz CT molecular complexity index is 587. The number of nitrogens with zero attached hydrogens (tertiary/aromatic N) is 1. The van der Waals surface area contributed by atoms with Gasteiger partial charge in [0.2, 0.25) is 0 Å². The minimum Gasteiger partial charge on any atom is -0.478 e. The van der Waals surface area contributed by atoms with E-state index in [-0.39, 0.29) is 5.56 Å². The molecule has 2 rings (SSSR count). The number of aromatic nitrogens is 1. The summed E-state index contributed by atoms with van der Waals surface area (Å²) in [6.07, 6.45) is 1.58. The number of pyridine rings is 1. The molecule has 5 heteroatoms. The summed E-state index contributed by atoms with van der Waals surface area (Å²) in [6.45, 7) is 0.947. The Morgan fingerprint density at radius 2 is 2.00 bits per heavy atom. The number of carboxylic acids is 1. The third-order valence-electron chi connectivity index (χ3n) is 2.69. The lowest BCUT2D eigenvalue weighted by Gasteiger charge is -2.08. The van der Waals surface area contributed by atoms with E-state index in [1.807, 2.05) is 24.3 Å². The van der Waals surface area contributed by atoms with E-state index in [0.717, 1.165) is 5.56 Å². The molecule has 0 fully saturated rings. The van der Waals surface area contributed by atoms with Gasteiger partial charge < -0.3 is 10.4 Å². The molecule has 0 aliphatic heterocycles. The van der Waals surface area contributed by atoms with E-state index in [9.17, 15) is 4.79 Å². The molecule has 0 atom stereocenters. The summed E-state index contributed by atoms with van der Waals surface area (Å²) in [5.74, 6) is -0.970. The van der Waals surface area contributed by atoms with Gasteiger partial charge in [0, 0.05) is 24.3 Å². The topological polar surface area (TPSA) is 62.2 Å². The smallest absolute Gasteiger partial charge is 0.337 e. The van der Waals surface area contributed by atoms with E-state index in [0.29, 0.717) is 23.8 Å². The number of aromatic carboxylic acids is 1. The van der Waals surface area contributed by atoms with E-state index in [1.165, 1.54) is 0 Å². The summed E-state index contributed by atoms with van der Waals surface area (Å²) in [6, 6.07) is 10.7. The van der Waals surface area contributed by atoms with E-state index in [4.69, 9.17) is 16.7 Å². The van der Waals surface area contributed by atoms with Crippen molar-refractivity contribution in [2.75, 3.05) is 0 Å². The molecule has 2 aromatic rings. The molecule has 1 aromatic heterocycles. The fraction of sp³-hybridized carbons (Fsp3) is 0.143. The van der Waals surface area contributed by atoms with Gasteiger partial charge in [-0.15, -0.1) is 0 Å². The van der Waals surface area contributed by atoms with Gasteiger partial charge in [0.25, 0.3) is 0 Å². The number of carboxylic acid groups (broad SMARTS) is 1. The molecule has 0 unspecified atom stereocenters. The summed E-state index contributed by atoms with van der Waals surface area (Å²) >= 11 is 6.04. The van der Waals surface area contributed by atoms with Crippen LogP contribution in [0.1, 0.15) is 21.6 Å². The summed E-state index contributed by atoms with van der Waals surface area (Å²) in [7, 11) is 0. The van der Waals surface area contributed by atoms with E-state index in [2.05, 4.69) is 10.3 Å². The number of rotatable bonds is 5. The molecule has 0 saturated heterocycles. The first-order valence-electron chi connectivity index (χ1n) is 5.80. The zero-order valence-corrected chi connectivity index (χ0v) is 10.9. The van der Waals surface area contributed by atoms with E-state index >= 15 is 0 Å². The number of carbonyl (C=O) groups is 1. The van der Waals surface area contributed by atoms with Crippen LogP contribution in [0.5, 0.6) is 0 Å². The Morgan fingerprint density at radius 3 is 2.74 bits per heavy atom. The molecule has 19 heavy (non-hydrogen) atoms. The number of benzene rings is 1. The predicted molar refractivity (Wildman–Crippen MR) is 73.2 cm³/mol. The van der Waals surface area contributed by atoms with Crippen molar-refractivity contribution in [2.24, 2.45) is 0 Å². The van der Waals surface area contributed by atoms with Crippen LogP contribution in [0.2, 0.25) is 5.02 Å². The molecule has 1 heterocycles. The summed E-state index contributed by atoms with van der Waals surface area (Å²) in [5.41, 5.74) is 1.70. The minimum absolute atomic E-state index is 0.217. The Hall–Kier alpha value is -1.91. The molecule has 1 aromatic carbocycles. The highest BCUT2D eigenvalue weighted by molar-refractivity contribution is 6.31. The average molecular weight is 277 g/mol.